The third-order valence-corrected chi connectivity index (χ3v) is 5.18. The molecule has 1 saturated heterocycles. The van der Waals surface area contributed by atoms with Gasteiger partial charge in [0, 0.05) is 23.6 Å². The summed E-state index contributed by atoms with van der Waals surface area (Å²) in [4.78, 5) is 26.5. The van der Waals surface area contributed by atoms with E-state index in [4.69, 9.17) is 12.2 Å². The predicted octanol–water partition coefficient (Wildman–Crippen LogP) is 3.52. The van der Waals surface area contributed by atoms with Gasteiger partial charge in [-0.1, -0.05) is 23.8 Å². The van der Waals surface area contributed by atoms with Gasteiger partial charge >= 0.3 is 0 Å². The number of nitrogens with one attached hydrogen (secondary N) is 1. The smallest absolute Gasteiger partial charge is 0.265 e. The maximum atomic E-state index is 12.8. The van der Waals surface area contributed by atoms with E-state index in [0.29, 0.717) is 0 Å². The van der Waals surface area contributed by atoms with Crippen LogP contribution in [0.15, 0.2) is 42.5 Å². The molecular formula is C22H23N3O2S. The highest BCUT2D eigenvalue weighted by molar-refractivity contribution is 7.80. The van der Waals surface area contributed by atoms with Gasteiger partial charge < -0.3 is 4.57 Å². The first-order chi connectivity index (χ1) is 13.2. The highest BCUT2D eigenvalue weighted by Gasteiger charge is 2.32. The molecule has 0 saturated carbocycles. The molecule has 6 heteroatoms. The number of amides is 2. The molecule has 1 N–H and O–H groups in total. The van der Waals surface area contributed by atoms with Crippen LogP contribution in [0, 0.1) is 27.7 Å². The Morgan fingerprint density at radius 3 is 2.50 bits per heavy atom. The van der Waals surface area contributed by atoms with Crippen LogP contribution < -0.4 is 5.32 Å². The van der Waals surface area contributed by atoms with E-state index in [9.17, 15) is 9.59 Å². The van der Waals surface area contributed by atoms with Crippen LogP contribution in [0.25, 0.3) is 11.8 Å². The molecule has 1 aliphatic rings. The van der Waals surface area contributed by atoms with Gasteiger partial charge in [0.1, 0.15) is 5.57 Å². The summed E-state index contributed by atoms with van der Waals surface area (Å²) < 4.78 is 2.14. The van der Waals surface area contributed by atoms with Crippen molar-refractivity contribution in [2.75, 3.05) is 6.54 Å². The lowest BCUT2D eigenvalue weighted by atomic mass is 10.1. The van der Waals surface area contributed by atoms with Crippen molar-refractivity contribution in [2.24, 2.45) is 0 Å². The fourth-order valence-corrected chi connectivity index (χ4v) is 3.76. The number of carbonyl (C=O) groups is 2. The van der Waals surface area contributed by atoms with Gasteiger partial charge in [-0.2, -0.15) is 0 Å². The molecule has 1 aromatic carbocycles. The summed E-state index contributed by atoms with van der Waals surface area (Å²) in [6.07, 6.45) is 3.21. The van der Waals surface area contributed by atoms with Gasteiger partial charge in [-0.15, -0.1) is 6.58 Å². The average Bonchev–Trinajstić information content (AvgIpc) is 2.89. The van der Waals surface area contributed by atoms with Crippen LogP contribution in [0.3, 0.4) is 0 Å². The van der Waals surface area contributed by atoms with Crippen LogP contribution in [0.4, 0.5) is 0 Å². The Morgan fingerprint density at radius 1 is 1.14 bits per heavy atom. The average molecular weight is 394 g/mol. The van der Waals surface area contributed by atoms with E-state index in [-0.39, 0.29) is 17.2 Å². The normalized spacial score (nSPS) is 15.9. The predicted molar refractivity (Wildman–Crippen MR) is 115 cm³/mol. The van der Waals surface area contributed by atoms with Crippen molar-refractivity contribution in [2.45, 2.75) is 27.7 Å². The molecule has 2 heterocycles. The molecule has 5 nitrogen and oxygen atoms in total. The second-order valence-electron chi connectivity index (χ2n) is 6.97. The number of aryl methyl sites for hydroxylation is 3. The summed E-state index contributed by atoms with van der Waals surface area (Å²) in [5.74, 6) is -0.892. The van der Waals surface area contributed by atoms with Gasteiger partial charge in [0.05, 0.1) is 0 Å². The number of thiocarbonyl (C=S) groups is 1. The number of nitrogens with zero attached hydrogens (tertiary/aromatic N) is 2. The van der Waals surface area contributed by atoms with Crippen molar-refractivity contribution in [3.05, 3.63) is 70.6 Å². The second kappa shape index (κ2) is 7.56. The summed E-state index contributed by atoms with van der Waals surface area (Å²) >= 11 is 5.10. The molecule has 0 atom stereocenters. The van der Waals surface area contributed by atoms with Crippen molar-refractivity contribution in [3.63, 3.8) is 0 Å². The summed E-state index contributed by atoms with van der Waals surface area (Å²) in [7, 11) is 0. The van der Waals surface area contributed by atoms with Gasteiger partial charge in [-0.3, -0.25) is 19.8 Å². The minimum atomic E-state index is -0.480. The molecule has 28 heavy (non-hydrogen) atoms. The number of rotatable bonds is 4. The van der Waals surface area contributed by atoms with E-state index in [0.717, 1.165) is 28.2 Å². The molecule has 2 aromatic rings. The fourth-order valence-electron chi connectivity index (χ4n) is 3.51. The maximum Gasteiger partial charge on any atom is 0.265 e. The van der Waals surface area contributed by atoms with Crippen LogP contribution in [0.2, 0.25) is 0 Å². The zero-order valence-electron chi connectivity index (χ0n) is 16.5. The van der Waals surface area contributed by atoms with Gasteiger partial charge in [0.15, 0.2) is 5.11 Å². The first-order valence-electron chi connectivity index (χ1n) is 9.01. The van der Waals surface area contributed by atoms with Crippen molar-refractivity contribution < 1.29 is 9.59 Å². The molecule has 2 amide bonds. The minimum Gasteiger partial charge on any atom is -0.318 e. The molecule has 144 valence electrons. The van der Waals surface area contributed by atoms with Gasteiger partial charge in [0.25, 0.3) is 11.8 Å². The number of carbonyl (C=O) groups excluding carboxylic acids is 2. The molecule has 0 radical (unpaired) electrons. The summed E-state index contributed by atoms with van der Waals surface area (Å²) in [5.41, 5.74) is 6.32. The topological polar surface area (TPSA) is 54.3 Å². The van der Waals surface area contributed by atoms with Crippen LogP contribution in [0.1, 0.15) is 28.1 Å². The number of hydrogen-bond acceptors (Lipinski definition) is 3. The van der Waals surface area contributed by atoms with E-state index in [1.54, 1.807) is 12.2 Å². The molecule has 0 spiro atoms. The van der Waals surface area contributed by atoms with Gasteiger partial charge in [-0.05, 0) is 69.2 Å². The highest BCUT2D eigenvalue weighted by Crippen LogP contribution is 2.26. The number of aromatic nitrogens is 1. The summed E-state index contributed by atoms with van der Waals surface area (Å²) in [6, 6.07) is 8.28. The van der Waals surface area contributed by atoms with Crippen molar-refractivity contribution in [1.82, 2.24) is 14.8 Å². The molecular weight excluding hydrogens is 370 g/mol. The molecule has 1 fully saturated rings. The lowest BCUT2D eigenvalue weighted by Crippen LogP contribution is -2.53. The zero-order chi connectivity index (χ0) is 20.6. The largest absolute Gasteiger partial charge is 0.318 e. The molecule has 0 aliphatic carbocycles. The summed E-state index contributed by atoms with van der Waals surface area (Å²) in [5, 5.41) is 2.68. The lowest BCUT2D eigenvalue weighted by Gasteiger charge is -2.27. The zero-order valence-corrected chi connectivity index (χ0v) is 17.3. The minimum absolute atomic E-state index is 0.0660. The van der Waals surface area contributed by atoms with Crippen LogP contribution in [-0.4, -0.2) is 32.9 Å². The van der Waals surface area contributed by atoms with Gasteiger partial charge in [-0.25, -0.2) is 0 Å². The Labute approximate surface area is 170 Å². The summed E-state index contributed by atoms with van der Waals surface area (Å²) in [6.45, 7) is 12.0. The van der Waals surface area contributed by atoms with E-state index in [1.165, 1.54) is 10.5 Å². The number of benzene rings is 1. The quantitative estimate of drug-likeness (QED) is 0.374. The van der Waals surface area contributed by atoms with Crippen molar-refractivity contribution in [3.8, 4) is 5.69 Å². The van der Waals surface area contributed by atoms with E-state index >= 15 is 0 Å². The lowest BCUT2D eigenvalue weighted by molar-refractivity contribution is -0.128. The van der Waals surface area contributed by atoms with Crippen molar-refractivity contribution in [1.29, 1.82) is 0 Å². The highest BCUT2D eigenvalue weighted by atomic mass is 32.1. The maximum absolute atomic E-state index is 12.8. The Hall–Kier alpha value is -2.99. The molecule has 0 unspecified atom stereocenters. The number of hydrogen-bond donors (Lipinski definition) is 1. The first kappa shape index (κ1) is 19.8. The third kappa shape index (κ3) is 3.43. The Kier molecular flexibility index (Phi) is 5.34. The SMILES string of the molecule is C=CCN1C(=O)/C(=C/c2cc(C)n(-c3ccc(C)cc3C)c2C)C(=O)NC1=S. The fraction of sp³-hybridized carbons (Fsp3) is 0.227. The molecule has 1 aromatic heterocycles. The van der Waals surface area contributed by atoms with Gasteiger partial charge in [0.2, 0.25) is 0 Å². The van der Waals surface area contributed by atoms with E-state index < -0.39 is 11.8 Å². The monoisotopic (exact) mass is 393 g/mol. The molecule has 0 bridgehead atoms. The van der Waals surface area contributed by atoms with Crippen LogP contribution in [-0.2, 0) is 9.59 Å². The Bertz CT molecular complexity index is 1050. The third-order valence-electron chi connectivity index (χ3n) is 4.86. The second-order valence-corrected chi connectivity index (χ2v) is 7.36. The molecule has 3 rings (SSSR count). The van der Waals surface area contributed by atoms with Crippen LogP contribution in [0.5, 0.6) is 0 Å². The first-order valence-corrected chi connectivity index (χ1v) is 9.41. The van der Waals surface area contributed by atoms with E-state index in [2.05, 4.69) is 48.5 Å². The Morgan fingerprint density at radius 2 is 1.86 bits per heavy atom. The molecule has 1 aliphatic heterocycles. The standard InChI is InChI=1S/C22H23N3O2S/c1-6-9-24-21(27)18(20(26)23-22(24)28)12-17-11-15(4)25(16(17)5)19-8-7-13(2)10-14(19)3/h6-8,10-12H,1,9H2,2-5H3,(H,23,26,28)/b18-12+. The van der Waals surface area contributed by atoms with E-state index in [1.807, 2.05) is 19.9 Å². The van der Waals surface area contributed by atoms with Crippen molar-refractivity contribution >= 4 is 35.2 Å². The Balaban J connectivity index is 2.08. The van der Waals surface area contributed by atoms with Crippen LogP contribution >= 0.6 is 12.2 Å².